The summed E-state index contributed by atoms with van der Waals surface area (Å²) >= 11 is 0. The van der Waals surface area contributed by atoms with Crippen molar-refractivity contribution in [3.05, 3.63) is 65.1 Å². The Morgan fingerprint density at radius 2 is 1.91 bits per heavy atom. The number of nitrogens with zero attached hydrogens (tertiary/aromatic N) is 1. The van der Waals surface area contributed by atoms with Gasteiger partial charge in [0.05, 0.1) is 16.1 Å². The first-order valence-electron chi connectivity index (χ1n) is 6.67. The average molecular weight is 333 g/mol. The second-order valence-corrected chi connectivity index (χ2v) is 6.91. The van der Waals surface area contributed by atoms with Crippen LogP contribution in [0.1, 0.15) is 21.5 Å². The molecule has 0 saturated heterocycles. The highest BCUT2D eigenvalue weighted by atomic mass is 32.2. The number of carbonyl (C=O) groups is 1. The molecule has 3 rings (SSSR count). The van der Waals surface area contributed by atoms with Crippen LogP contribution < -0.4 is 4.31 Å². The number of benzene rings is 2. The Hall–Kier alpha value is -2.67. The first-order chi connectivity index (χ1) is 10.8. The molecule has 0 bridgehead atoms. The number of carboxylic acid groups (broad SMARTS) is 1. The molecule has 0 amide bonds. The maximum Gasteiger partial charge on any atom is 0.335 e. The van der Waals surface area contributed by atoms with E-state index in [0.717, 1.165) is 28.1 Å². The summed E-state index contributed by atoms with van der Waals surface area (Å²) in [4.78, 5) is 10.9. The molecular weight excluding hydrogens is 321 g/mol. The first-order valence-corrected chi connectivity index (χ1v) is 8.11. The Kier molecular flexibility index (Phi) is 3.45. The normalized spacial score (nSPS) is 15.3. The van der Waals surface area contributed by atoms with Crippen LogP contribution in [0.2, 0.25) is 0 Å². The molecule has 1 aliphatic rings. The van der Waals surface area contributed by atoms with E-state index in [9.17, 15) is 17.6 Å². The third-order valence-corrected chi connectivity index (χ3v) is 5.29. The zero-order valence-electron chi connectivity index (χ0n) is 12.0. The van der Waals surface area contributed by atoms with E-state index < -0.39 is 21.8 Å². The molecule has 0 aromatic heterocycles. The van der Waals surface area contributed by atoms with Crippen molar-refractivity contribution in [3.63, 3.8) is 0 Å². The molecule has 0 spiro atoms. The van der Waals surface area contributed by atoms with Crippen molar-refractivity contribution in [1.82, 2.24) is 0 Å². The summed E-state index contributed by atoms with van der Waals surface area (Å²) in [5, 5.41) is 8.86. The third-order valence-electron chi connectivity index (χ3n) is 3.52. The van der Waals surface area contributed by atoms with Gasteiger partial charge in [0, 0.05) is 6.20 Å². The van der Waals surface area contributed by atoms with Crippen molar-refractivity contribution in [2.24, 2.45) is 0 Å². The van der Waals surface area contributed by atoms with E-state index in [-0.39, 0.29) is 16.1 Å². The van der Waals surface area contributed by atoms with Gasteiger partial charge in [-0.2, -0.15) is 0 Å². The monoisotopic (exact) mass is 333 g/mol. The van der Waals surface area contributed by atoms with Crippen molar-refractivity contribution in [2.45, 2.75) is 11.8 Å². The summed E-state index contributed by atoms with van der Waals surface area (Å²) in [5.41, 5.74) is 0.969. The summed E-state index contributed by atoms with van der Waals surface area (Å²) < 4.78 is 40.3. The Bertz CT molecular complexity index is 951. The fraction of sp³-hybridized carbons (Fsp3) is 0.0625. The van der Waals surface area contributed by atoms with Crippen molar-refractivity contribution in [1.29, 1.82) is 0 Å². The van der Waals surface area contributed by atoms with Crippen LogP contribution in [0.15, 0.2) is 47.5 Å². The van der Waals surface area contributed by atoms with E-state index >= 15 is 0 Å². The number of fused-ring (bicyclic) bond motifs is 1. The molecule has 2 aromatic rings. The van der Waals surface area contributed by atoms with E-state index in [4.69, 9.17) is 5.11 Å². The topological polar surface area (TPSA) is 74.7 Å². The van der Waals surface area contributed by atoms with Crippen LogP contribution in [-0.2, 0) is 10.0 Å². The summed E-state index contributed by atoms with van der Waals surface area (Å²) in [5.74, 6) is -2.21. The molecule has 1 aliphatic heterocycles. The maximum absolute atomic E-state index is 14.2. The fourth-order valence-electron chi connectivity index (χ4n) is 2.40. The average Bonchev–Trinajstić information content (AvgIpc) is 2.47. The molecule has 0 saturated carbocycles. The van der Waals surface area contributed by atoms with Crippen LogP contribution in [-0.4, -0.2) is 19.5 Å². The number of anilines is 1. The molecule has 1 N–H and O–H groups in total. The van der Waals surface area contributed by atoms with Gasteiger partial charge in [-0.15, -0.1) is 0 Å². The summed E-state index contributed by atoms with van der Waals surface area (Å²) in [6.07, 6.45) is 2.84. The number of hydrogen-bond donors (Lipinski definition) is 1. The lowest BCUT2D eigenvalue weighted by molar-refractivity contribution is 0.0696. The minimum absolute atomic E-state index is 0.0762. The van der Waals surface area contributed by atoms with E-state index in [1.807, 2.05) is 6.92 Å². The van der Waals surface area contributed by atoms with Crippen molar-refractivity contribution < 1.29 is 22.7 Å². The maximum atomic E-state index is 14.2. The molecule has 7 heteroatoms. The number of halogens is 1. The predicted octanol–water partition coefficient (Wildman–Crippen LogP) is 3.01. The SMILES string of the molecule is Cc1ccc2c(c1)C=CN(c1ccc(C(=O)O)cc1F)S2(=O)=O. The Balaban J connectivity index is 2.13. The van der Waals surface area contributed by atoms with Gasteiger partial charge in [0.1, 0.15) is 5.82 Å². The van der Waals surface area contributed by atoms with Gasteiger partial charge < -0.3 is 5.11 Å². The van der Waals surface area contributed by atoms with Crippen LogP contribution >= 0.6 is 0 Å². The highest BCUT2D eigenvalue weighted by molar-refractivity contribution is 7.93. The highest BCUT2D eigenvalue weighted by Crippen LogP contribution is 2.33. The van der Waals surface area contributed by atoms with Gasteiger partial charge in [0.25, 0.3) is 10.0 Å². The van der Waals surface area contributed by atoms with Gasteiger partial charge in [-0.05, 0) is 42.8 Å². The minimum atomic E-state index is -3.95. The Morgan fingerprint density at radius 1 is 1.17 bits per heavy atom. The van der Waals surface area contributed by atoms with Crippen LogP contribution in [0.3, 0.4) is 0 Å². The van der Waals surface area contributed by atoms with Crippen LogP contribution in [0.5, 0.6) is 0 Å². The largest absolute Gasteiger partial charge is 0.478 e. The Labute approximate surface area is 132 Å². The molecule has 0 atom stereocenters. The van der Waals surface area contributed by atoms with E-state index in [2.05, 4.69) is 0 Å². The number of rotatable bonds is 2. The van der Waals surface area contributed by atoms with Gasteiger partial charge >= 0.3 is 5.97 Å². The zero-order chi connectivity index (χ0) is 16.8. The number of carboxylic acids is 1. The first kappa shape index (κ1) is 15.2. The van der Waals surface area contributed by atoms with Gasteiger partial charge in [0.15, 0.2) is 0 Å². The van der Waals surface area contributed by atoms with E-state index in [0.29, 0.717) is 5.56 Å². The van der Waals surface area contributed by atoms with Gasteiger partial charge in [-0.1, -0.05) is 17.7 Å². The van der Waals surface area contributed by atoms with Gasteiger partial charge in [-0.25, -0.2) is 21.9 Å². The van der Waals surface area contributed by atoms with E-state index in [1.165, 1.54) is 12.3 Å². The molecular formula is C16H12FNO4S. The fourth-order valence-corrected chi connectivity index (χ4v) is 3.90. The van der Waals surface area contributed by atoms with Gasteiger partial charge in [-0.3, -0.25) is 0 Å². The lowest BCUT2D eigenvalue weighted by Crippen LogP contribution is -2.29. The molecule has 23 heavy (non-hydrogen) atoms. The second-order valence-electron chi connectivity index (χ2n) is 5.13. The summed E-state index contributed by atoms with van der Waals surface area (Å²) in [7, 11) is -3.95. The summed E-state index contributed by atoms with van der Waals surface area (Å²) in [6.45, 7) is 1.84. The Morgan fingerprint density at radius 3 is 2.57 bits per heavy atom. The molecule has 0 radical (unpaired) electrons. The van der Waals surface area contributed by atoms with Crippen LogP contribution in [0, 0.1) is 12.7 Å². The molecule has 0 unspecified atom stereocenters. The van der Waals surface area contributed by atoms with Crippen LogP contribution in [0.25, 0.3) is 6.08 Å². The lowest BCUT2D eigenvalue weighted by Gasteiger charge is -2.25. The molecule has 5 nitrogen and oxygen atoms in total. The standard InChI is InChI=1S/C16H12FNO4S/c1-10-2-5-15-11(8-10)6-7-18(23(15,21)22)14-4-3-12(16(19)20)9-13(14)17/h2-9H,1H3,(H,19,20). The zero-order valence-corrected chi connectivity index (χ0v) is 12.8. The minimum Gasteiger partial charge on any atom is -0.478 e. The number of hydrogen-bond acceptors (Lipinski definition) is 3. The van der Waals surface area contributed by atoms with Crippen molar-refractivity contribution >= 4 is 27.8 Å². The number of sulfonamides is 1. The number of aromatic carboxylic acids is 1. The predicted molar refractivity (Wildman–Crippen MR) is 83.2 cm³/mol. The molecule has 1 heterocycles. The van der Waals surface area contributed by atoms with E-state index in [1.54, 1.807) is 18.2 Å². The molecule has 118 valence electrons. The van der Waals surface area contributed by atoms with Gasteiger partial charge in [0.2, 0.25) is 0 Å². The molecule has 2 aromatic carbocycles. The van der Waals surface area contributed by atoms with Crippen molar-refractivity contribution in [3.8, 4) is 0 Å². The molecule has 0 fully saturated rings. The molecule has 0 aliphatic carbocycles. The highest BCUT2D eigenvalue weighted by Gasteiger charge is 2.30. The summed E-state index contributed by atoms with van der Waals surface area (Å²) in [6, 6.07) is 7.96. The quantitative estimate of drug-likeness (QED) is 0.917. The smallest absolute Gasteiger partial charge is 0.335 e. The second kappa shape index (κ2) is 5.20. The van der Waals surface area contributed by atoms with Crippen LogP contribution in [0.4, 0.5) is 10.1 Å². The lowest BCUT2D eigenvalue weighted by atomic mass is 10.1. The number of aryl methyl sites for hydroxylation is 1. The van der Waals surface area contributed by atoms with Crippen molar-refractivity contribution in [2.75, 3.05) is 4.31 Å². The third kappa shape index (κ3) is 2.49.